The summed E-state index contributed by atoms with van der Waals surface area (Å²) < 4.78 is 5.45. The molecule has 0 amide bonds. The van der Waals surface area contributed by atoms with Crippen LogP contribution in [0.5, 0.6) is 0 Å². The number of hydrogen-bond acceptors (Lipinski definition) is 5. The first-order chi connectivity index (χ1) is 11.3. The van der Waals surface area contributed by atoms with E-state index in [1.165, 1.54) is 5.56 Å². The third-order valence-corrected chi connectivity index (χ3v) is 3.89. The number of aliphatic imine (C=N–C) groups is 1. The van der Waals surface area contributed by atoms with E-state index in [4.69, 9.17) is 15.9 Å². The first-order valence-corrected chi connectivity index (χ1v) is 7.85. The van der Waals surface area contributed by atoms with Crippen molar-refractivity contribution < 1.29 is 4.42 Å². The van der Waals surface area contributed by atoms with Gasteiger partial charge in [-0.15, -0.1) is 0 Å². The number of allylic oxidation sites excluding steroid dienone is 1. The van der Waals surface area contributed by atoms with E-state index < -0.39 is 0 Å². The van der Waals surface area contributed by atoms with Gasteiger partial charge in [0.1, 0.15) is 5.76 Å². The summed E-state index contributed by atoms with van der Waals surface area (Å²) in [5, 5.41) is 0. The largest absolute Gasteiger partial charge is 0.464 e. The van der Waals surface area contributed by atoms with E-state index in [2.05, 4.69) is 29.3 Å². The molecule has 0 saturated heterocycles. The molecule has 4 N–H and O–H groups in total. The fourth-order valence-corrected chi connectivity index (χ4v) is 2.66. The van der Waals surface area contributed by atoms with Crippen LogP contribution in [0.4, 0.5) is 0 Å². The normalized spacial score (nSPS) is 17.4. The van der Waals surface area contributed by atoms with Crippen LogP contribution < -0.4 is 11.5 Å². The molecule has 1 atom stereocenters. The fraction of sp³-hybridized carbons (Fsp3) is 0.278. The summed E-state index contributed by atoms with van der Waals surface area (Å²) in [4.78, 5) is 6.47. The van der Waals surface area contributed by atoms with Crippen LogP contribution in [0.2, 0.25) is 0 Å². The fourth-order valence-electron chi connectivity index (χ4n) is 2.66. The molecule has 5 nitrogen and oxygen atoms in total. The molecular formula is C18H22N4O. The lowest BCUT2D eigenvalue weighted by Gasteiger charge is -2.27. The van der Waals surface area contributed by atoms with Gasteiger partial charge in [-0.25, -0.2) is 0 Å². The van der Waals surface area contributed by atoms with Gasteiger partial charge in [-0.1, -0.05) is 18.2 Å². The van der Waals surface area contributed by atoms with Gasteiger partial charge in [0, 0.05) is 30.6 Å². The number of hydrogen-bond donors (Lipinski definition) is 2. The molecule has 1 unspecified atom stereocenters. The van der Waals surface area contributed by atoms with Crippen LogP contribution in [0.3, 0.4) is 0 Å². The Balaban J connectivity index is 1.62. The molecule has 0 radical (unpaired) electrons. The number of furan rings is 1. The summed E-state index contributed by atoms with van der Waals surface area (Å²) in [6.45, 7) is 1.29. The standard InChI is InChI=1S/C18H22N4O/c19-9-11-22-10-8-16(21-18(22)20)7-6-14-3-1-4-15(13-14)17-5-2-12-23-17/h1-5,8,10,12-13,18H,6-7,9,11,19-20H2. The highest BCUT2D eigenvalue weighted by Gasteiger charge is 2.13. The first kappa shape index (κ1) is 15.5. The van der Waals surface area contributed by atoms with Gasteiger partial charge in [0.15, 0.2) is 6.29 Å². The molecule has 0 aliphatic carbocycles. The smallest absolute Gasteiger partial charge is 0.173 e. The molecular weight excluding hydrogens is 288 g/mol. The summed E-state index contributed by atoms with van der Waals surface area (Å²) >= 11 is 0. The predicted molar refractivity (Wildman–Crippen MR) is 92.8 cm³/mol. The molecule has 1 aliphatic heterocycles. The van der Waals surface area contributed by atoms with Crippen LogP contribution >= 0.6 is 0 Å². The van der Waals surface area contributed by atoms with E-state index in [-0.39, 0.29) is 6.29 Å². The molecule has 2 aromatic rings. The number of nitrogens with two attached hydrogens (primary N) is 2. The molecule has 2 heterocycles. The minimum atomic E-state index is -0.326. The molecule has 1 aromatic heterocycles. The average molecular weight is 310 g/mol. The molecule has 0 fully saturated rings. The highest BCUT2D eigenvalue weighted by Crippen LogP contribution is 2.21. The Bertz CT molecular complexity index is 691. The van der Waals surface area contributed by atoms with Crippen molar-refractivity contribution in [2.45, 2.75) is 19.1 Å². The van der Waals surface area contributed by atoms with Crippen molar-refractivity contribution in [1.29, 1.82) is 0 Å². The Morgan fingerprint density at radius 1 is 1.17 bits per heavy atom. The molecule has 120 valence electrons. The molecule has 1 aliphatic rings. The van der Waals surface area contributed by atoms with E-state index >= 15 is 0 Å². The van der Waals surface area contributed by atoms with Crippen molar-refractivity contribution in [1.82, 2.24) is 4.90 Å². The van der Waals surface area contributed by atoms with Gasteiger partial charge in [0.05, 0.1) is 6.26 Å². The Labute approximate surface area is 136 Å². The van der Waals surface area contributed by atoms with E-state index in [1.54, 1.807) is 6.26 Å². The highest BCUT2D eigenvalue weighted by molar-refractivity contribution is 5.95. The molecule has 1 aromatic carbocycles. The third-order valence-electron chi connectivity index (χ3n) is 3.89. The minimum absolute atomic E-state index is 0.326. The van der Waals surface area contributed by atoms with Gasteiger partial charge >= 0.3 is 0 Å². The molecule has 3 rings (SSSR count). The van der Waals surface area contributed by atoms with Crippen molar-refractivity contribution in [2.75, 3.05) is 13.1 Å². The lowest BCUT2D eigenvalue weighted by Crippen LogP contribution is -2.42. The zero-order valence-corrected chi connectivity index (χ0v) is 13.1. The Morgan fingerprint density at radius 3 is 2.83 bits per heavy atom. The number of benzene rings is 1. The summed E-state index contributed by atoms with van der Waals surface area (Å²) in [6, 6.07) is 12.3. The molecule has 0 bridgehead atoms. The van der Waals surface area contributed by atoms with Crippen LogP contribution in [-0.4, -0.2) is 30.0 Å². The van der Waals surface area contributed by atoms with E-state index in [9.17, 15) is 0 Å². The lowest BCUT2D eigenvalue weighted by atomic mass is 10.0. The Kier molecular flexibility index (Phi) is 4.90. The monoisotopic (exact) mass is 310 g/mol. The summed E-state index contributed by atoms with van der Waals surface area (Å²) in [6.07, 6.45) is 7.16. The predicted octanol–water partition coefficient (Wildman–Crippen LogP) is 2.35. The van der Waals surface area contributed by atoms with Gasteiger partial charge in [-0.05, 0) is 42.7 Å². The van der Waals surface area contributed by atoms with Crippen molar-refractivity contribution in [2.24, 2.45) is 16.5 Å². The zero-order valence-electron chi connectivity index (χ0n) is 13.1. The van der Waals surface area contributed by atoms with Crippen LogP contribution in [0.1, 0.15) is 12.0 Å². The Hall–Kier alpha value is -2.37. The van der Waals surface area contributed by atoms with Crippen LogP contribution in [0.15, 0.2) is 64.3 Å². The molecule has 0 spiro atoms. The van der Waals surface area contributed by atoms with E-state index in [0.29, 0.717) is 6.54 Å². The average Bonchev–Trinajstić information content (AvgIpc) is 3.10. The van der Waals surface area contributed by atoms with Crippen molar-refractivity contribution in [3.05, 3.63) is 60.5 Å². The number of aryl methyl sites for hydroxylation is 1. The second-order valence-corrected chi connectivity index (χ2v) is 5.55. The maximum Gasteiger partial charge on any atom is 0.173 e. The minimum Gasteiger partial charge on any atom is -0.464 e. The molecule has 0 saturated carbocycles. The van der Waals surface area contributed by atoms with Gasteiger partial charge in [-0.2, -0.15) is 0 Å². The van der Waals surface area contributed by atoms with Crippen molar-refractivity contribution in [3.8, 4) is 11.3 Å². The second-order valence-electron chi connectivity index (χ2n) is 5.55. The van der Waals surface area contributed by atoms with Crippen molar-refractivity contribution >= 4 is 5.71 Å². The lowest BCUT2D eigenvalue weighted by molar-refractivity contribution is 0.293. The van der Waals surface area contributed by atoms with Gasteiger partial charge in [-0.3, -0.25) is 10.7 Å². The summed E-state index contributed by atoms with van der Waals surface area (Å²) in [5.74, 6) is 0.890. The topological polar surface area (TPSA) is 80.8 Å². The van der Waals surface area contributed by atoms with Crippen molar-refractivity contribution in [3.63, 3.8) is 0 Å². The zero-order chi connectivity index (χ0) is 16.1. The summed E-state index contributed by atoms with van der Waals surface area (Å²) in [5.41, 5.74) is 15.0. The molecule has 23 heavy (non-hydrogen) atoms. The van der Waals surface area contributed by atoms with Gasteiger partial charge < -0.3 is 15.1 Å². The molecule has 5 heteroatoms. The maximum atomic E-state index is 6.03. The van der Waals surface area contributed by atoms with Gasteiger partial charge in [0.2, 0.25) is 0 Å². The number of rotatable bonds is 6. The maximum absolute atomic E-state index is 6.03. The SMILES string of the molecule is NCCN1C=CC(CCc2cccc(-c3ccco3)c2)=NC1N. The van der Waals surface area contributed by atoms with E-state index in [0.717, 1.165) is 36.4 Å². The van der Waals surface area contributed by atoms with Crippen LogP contribution in [0.25, 0.3) is 11.3 Å². The highest BCUT2D eigenvalue weighted by atomic mass is 16.3. The van der Waals surface area contributed by atoms with Crippen LogP contribution in [0, 0.1) is 0 Å². The second kappa shape index (κ2) is 7.26. The third kappa shape index (κ3) is 3.88. The van der Waals surface area contributed by atoms with Crippen LogP contribution in [-0.2, 0) is 6.42 Å². The first-order valence-electron chi connectivity index (χ1n) is 7.85. The van der Waals surface area contributed by atoms with Gasteiger partial charge in [0.25, 0.3) is 0 Å². The summed E-state index contributed by atoms with van der Waals surface area (Å²) in [7, 11) is 0. The Morgan fingerprint density at radius 2 is 2.09 bits per heavy atom. The quantitative estimate of drug-likeness (QED) is 0.858. The van der Waals surface area contributed by atoms with E-state index in [1.807, 2.05) is 29.3 Å². The number of nitrogens with zero attached hydrogens (tertiary/aromatic N) is 2.